The Balaban J connectivity index is 0.00000200. The topological polar surface area (TPSA) is 98.5 Å². The van der Waals surface area contributed by atoms with Gasteiger partial charge in [0.05, 0.1) is 30.2 Å². The average Bonchev–Trinajstić information content (AvgIpc) is 2.70. The number of halogens is 1. The molecule has 1 heterocycles. The summed E-state index contributed by atoms with van der Waals surface area (Å²) in [5.74, 6) is -0.235. The second-order valence-electron chi connectivity index (χ2n) is 4.55. The lowest BCUT2D eigenvalue weighted by Crippen LogP contribution is -2.23. The smallest absolute Gasteiger partial charge is 0.228 e. The van der Waals surface area contributed by atoms with Crippen molar-refractivity contribution in [2.45, 2.75) is 6.42 Å². The molecule has 3 N–H and O–H groups in total. The molecule has 112 valence electrons. The number of rotatable bonds is 3. The van der Waals surface area contributed by atoms with E-state index in [4.69, 9.17) is 10.5 Å². The first kappa shape index (κ1) is 16.6. The first-order valence-electron chi connectivity index (χ1n) is 5.86. The van der Waals surface area contributed by atoms with Gasteiger partial charge in [-0.15, -0.1) is 12.4 Å². The van der Waals surface area contributed by atoms with Crippen LogP contribution in [0.15, 0.2) is 18.2 Å². The van der Waals surface area contributed by atoms with Gasteiger partial charge in [0.15, 0.2) is 9.84 Å². The fraction of sp³-hybridized carbons (Fsp3) is 0.417. The zero-order valence-electron chi connectivity index (χ0n) is 11.0. The third-order valence-corrected chi connectivity index (χ3v) is 4.87. The fourth-order valence-electron chi connectivity index (χ4n) is 2.06. The van der Waals surface area contributed by atoms with E-state index in [1.54, 1.807) is 18.2 Å². The van der Waals surface area contributed by atoms with Gasteiger partial charge in [0.25, 0.3) is 0 Å². The van der Waals surface area contributed by atoms with Gasteiger partial charge < -0.3 is 15.8 Å². The molecule has 0 aliphatic carbocycles. The maximum absolute atomic E-state index is 11.9. The number of ether oxygens (including phenoxy) is 1. The molecule has 0 aromatic heterocycles. The molecule has 1 aliphatic rings. The molecule has 0 bridgehead atoms. The Morgan fingerprint density at radius 1 is 1.45 bits per heavy atom. The molecule has 20 heavy (non-hydrogen) atoms. The number of benzene rings is 1. The number of amides is 1. The molecule has 1 aliphatic heterocycles. The van der Waals surface area contributed by atoms with E-state index in [1.807, 2.05) is 0 Å². The van der Waals surface area contributed by atoms with E-state index >= 15 is 0 Å². The zero-order chi connectivity index (χ0) is 14.0. The van der Waals surface area contributed by atoms with Crippen LogP contribution in [0, 0.1) is 5.92 Å². The van der Waals surface area contributed by atoms with Crippen molar-refractivity contribution in [3.63, 3.8) is 0 Å². The van der Waals surface area contributed by atoms with E-state index < -0.39 is 15.8 Å². The maximum Gasteiger partial charge on any atom is 0.228 e. The summed E-state index contributed by atoms with van der Waals surface area (Å²) in [7, 11) is -1.55. The number of carbonyl (C=O) groups is 1. The van der Waals surface area contributed by atoms with Crippen LogP contribution in [-0.4, -0.2) is 32.9 Å². The Kier molecular flexibility index (Phi) is 5.24. The molecule has 0 saturated carbocycles. The van der Waals surface area contributed by atoms with Gasteiger partial charge in [0.1, 0.15) is 5.75 Å². The summed E-state index contributed by atoms with van der Waals surface area (Å²) in [5.41, 5.74) is 6.68. The van der Waals surface area contributed by atoms with Crippen molar-refractivity contribution in [1.82, 2.24) is 0 Å². The normalized spacial score (nSPS) is 19.9. The SMILES string of the molecule is COc1ccc(NC(=O)C2CCS(=O)(=O)C2)cc1N.Cl. The summed E-state index contributed by atoms with van der Waals surface area (Å²) in [4.78, 5) is 11.9. The van der Waals surface area contributed by atoms with Crippen molar-refractivity contribution in [2.75, 3.05) is 29.7 Å². The highest BCUT2D eigenvalue weighted by Crippen LogP contribution is 2.26. The lowest BCUT2D eigenvalue weighted by Gasteiger charge is -2.11. The summed E-state index contributed by atoms with van der Waals surface area (Å²) in [6, 6.07) is 4.90. The number of sulfone groups is 1. The molecule has 1 unspecified atom stereocenters. The van der Waals surface area contributed by atoms with Crippen LogP contribution >= 0.6 is 12.4 Å². The summed E-state index contributed by atoms with van der Waals surface area (Å²) in [6.07, 6.45) is 0.375. The van der Waals surface area contributed by atoms with Crippen LogP contribution in [-0.2, 0) is 14.6 Å². The minimum atomic E-state index is -3.06. The lowest BCUT2D eigenvalue weighted by molar-refractivity contribution is -0.119. The number of hydrogen-bond donors (Lipinski definition) is 2. The highest BCUT2D eigenvalue weighted by molar-refractivity contribution is 7.91. The summed E-state index contributed by atoms with van der Waals surface area (Å²) >= 11 is 0. The molecule has 0 radical (unpaired) electrons. The number of anilines is 2. The van der Waals surface area contributed by atoms with E-state index in [-0.39, 0.29) is 29.8 Å². The largest absolute Gasteiger partial charge is 0.495 e. The second kappa shape index (κ2) is 6.32. The Labute approximate surface area is 124 Å². The predicted octanol–water partition coefficient (Wildman–Crippen LogP) is 1.07. The van der Waals surface area contributed by atoms with Crippen LogP contribution in [0.25, 0.3) is 0 Å². The zero-order valence-corrected chi connectivity index (χ0v) is 12.6. The van der Waals surface area contributed by atoms with Gasteiger partial charge in [0, 0.05) is 5.69 Å². The van der Waals surface area contributed by atoms with E-state index in [1.165, 1.54) is 7.11 Å². The molecule has 8 heteroatoms. The maximum atomic E-state index is 11.9. The van der Waals surface area contributed by atoms with E-state index in [9.17, 15) is 13.2 Å². The van der Waals surface area contributed by atoms with Gasteiger partial charge in [-0.05, 0) is 24.6 Å². The molecular weight excluding hydrogens is 304 g/mol. The monoisotopic (exact) mass is 320 g/mol. The third-order valence-electron chi connectivity index (χ3n) is 3.10. The van der Waals surface area contributed by atoms with Gasteiger partial charge >= 0.3 is 0 Å². The molecular formula is C12H17ClN2O4S. The van der Waals surface area contributed by atoms with Crippen molar-refractivity contribution >= 4 is 39.5 Å². The minimum Gasteiger partial charge on any atom is -0.495 e. The van der Waals surface area contributed by atoms with Gasteiger partial charge in [0.2, 0.25) is 5.91 Å². The van der Waals surface area contributed by atoms with Crippen molar-refractivity contribution in [1.29, 1.82) is 0 Å². The van der Waals surface area contributed by atoms with Crippen LogP contribution in [0.1, 0.15) is 6.42 Å². The summed E-state index contributed by atoms with van der Waals surface area (Å²) in [6.45, 7) is 0. The number of carbonyl (C=O) groups excluding carboxylic acids is 1. The van der Waals surface area contributed by atoms with E-state index in [0.29, 0.717) is 23.5 Å². The predicted molar refractivity (Wildman–Crippen MR) is 80.0 cm³/mol. The molecule has 1 amide bonds. The Morgan fingerprint density at radius 2 is 2.15 bits per heavy atom. The number of nitrogens with two attached hydrogens (primary N) is 1. The number of hydrogen-bond acceptors (Lipinski definition) is 5. The van der Waals surface area contributed by atoms with Crippen molar-refractivity contribution in [2.24, 2.45) is 5.92 Å². The molecule has 1 aromatic carbocycles. The first-order valence-corrected chi connectivity index (χ1v) is 7.68. The third kappa shape index (κ3) is 3.77. The molecule has 0 spiro atoms. The number of nitrogen functional groups attached to an aromatic ring is 1. The van der Waals surface area contributed by atoms with E-state index in [2.05, 4.69) is 5.32 Å². The molecule has 1 fully saturated rings. The van der Waals surface area contributed by atoms with Crippen molar-refractivity contribution < 1.29 is 17.9 Å². The first-order chi connectivity index (χ1) is 8.91. The average molecular weight is 321 g/mol. The fourth-order valence-corrected chi connectivity index (χ4v) is 3.80. The summed E-state index contributed by atoms with van der Waals surface area (Å²) in [5, 5.41) is 2.67. The van der Waals surface area contributed by atoms with Crippen LogP contribution in [0.4, 0.5) is 11.4 Å². The van der Waals surface area contributed by atoms with Gasteiger partial charge in [-0.3, -0.25) is 4.79 Å². The van der Waals surface area contributed by atoms with Crippen molar-refractivity contribution in [3.05, 3.63) is 18.2 Å². The summed E-state index contributed by atoms with van der Waals surface area (Å²) < 4.78 is 27.7. The molecule has 1 aromatic rings. The second-order valence-corrected chi connectivity index (χ2v) is 6.77. The highest BCUT2D eigenvalue weighted by atomic mass is 35.5. The van der Waals surface area contributed by atoms with Crippen LogP contribution < -0.4 is 15.8 Å². The van der Waals surface area contributed by atoms with Crippen LogP contribution in [0.3, 0.4) is 0 Å². The quantitative estimate of drug-likeness (QED) is 0.812. The van der Waals surface area contributed by atoms with Gasteiger partial charge in [-0.2, -0.15) is 0 Å². The van der Waals surface area contributed by atoms with Crippen LogP contribution in [0.5, 0.6) is 5.75 Å². The molecule has 1 atom stereocenters. The lowest BCUT2D eigenvalue weighted by atomic mass is 10.1. The van der Waals surface area contributed by atoms with E-state index in [0.717, 1.165) is 0 Å². The molecule has 2 rings (SSSR count). The molecule has 1 saturated heterocycles. The highest BCUT2D eigenvalue weighted by Gasteiger charge is 2.32. The van der Waals surface area contributed by atoms with Crippen molar-refractivity contribution in [3.8, 4) is 5.75 Å². The van der Waals surface area contributed by atoms with Gasteiger partial charge in [-0.25, -0.2) is 8.42 Å². The number of methoxy groups -OCH3 is 1. The van der Waals surface area contributed by atoms with Crippen LogP contribution in [0.2, 0.25) is 0 Å². The Morgan fingerprint density at radius 3 is 2.65 bits per heavy atom. The van der Waals surface area contributed by atoms with Gasteiger partial charge in [-0.1, -0.05) is 0 Å². The standard InChI is InChI=1S/C12H16N2O4S.ClH/c1-18-11-3-2-9(6-10(11)13)14-12(15)8-4-5-19(16,17)7-8;/h2-3,6,8H,4-5,7,13H2,1H3,(H,14,15);1H. The Hall–Kier alpha value is -1.47. The molecule has 6 nitrogen and oxygen atoms in total. The Bertz CT molecular complexity index is 603. The number of nitrogens with one attached hydrogen (secondary N) is 1. The minimum absolute atomic E-state index is 0.